The van der Waals surface area contributed by atoms with Crippen molar-refractivity contribution in [2.24, 2.45) is 35.5 Å². The lowest BCUT2D eigenvalue weighted by molar-refractivity contribution is 0.168. The zero-order valence-electron chi connectivity index (χ0n) is 18.6. The van der Waals surface area contributed by atoms with Gasteiger partial charge in [0, 0.05) is 0 Å². The topological polar surface area (TPSA) is 0 Å². The normalized spacial score (nSPS) is 18.1. The fraction of sp³-hybridized carbons (Fsp3) is 1.00. The maximum atomic E-state index is 12.7. The fourth-order valence-corrected chi connectivity index (χ4v) is 5.09. The van der Waals surface area contributed by atoms with E-state index in [1.54, 1.807) is 0 Å². The zero-order chi connectivity index (χ0) is 19.2. The SMILES string of the molecule is CCCCC(CC(C)CCF)CC(C)C(CC)C(C)CC(CC)CC. The molecule has 0 aromatic heterocycles. The van der Waals surface area contributed by atoms with E-state index in [0.717, 1.165) is 36.0 Å². The van der Waals surface area contributed by atoms with Gasteiger partial charge in [-0.05, 0) is 61.2 Å². The molecule has 0 radical (unpaired) electrons. The average Bonchev–Trinajstić information content (AvgIpc) is 2.58. The number of alkyl halides is 1. The summed E-state index contributed by atoms with van der Waals surface area (Å²) in [5.74, 6) is 4.72. The molecule has 1 heteroatoms. The van der Waals surface area contributed by atoms with Crippen molar-refractivity contribution in [2.45, 2.75) is 113 Å². The molecule has 25 heavy (non-hydrogen) atoms. The van der Waals surface area contributed by atoms with Crippen LogP contribution in [0.25, 0.3) is 0 Å². The van der Waals surface area contributed by atoms with Crippen molar-refractivity contribution in [3.63, 3.8) is 0 Å². The maximum Gasteiger partial charge on any atom is 0.0897 e. The quantitative estimate of drug-likeness (QED) is 0.259. The van der Waals surface area contributed by atoms with Gasteiger partial charge in [-0.1, -0.05) is 87.0 Å². The second-order valence-electron chi connectivity index (χ2n) is 9.01. The maximum absolute atomic E-state index is 12.7. The highest BCUT2D eigenvalue weighted by Crippen LogP contribution is 2.36. The van der Waals surface area contributed by atoms with Crippen molar-refractivity contribution < 1.29 is 4.39 Å². The zero-order valence-corrected chi connectivity index (χ0v) is 18.6. The molecule has 0 saturated carbocycles. The van der Waals surface area contributed by atoms with Crippen LogP contribution in [-0.2, 0) is 0 Å². The Kier molecular flexibility index (Phi) is 15.0. The van der Waals surface area contributed by atoms with E-state index in [0.29, 0.717) is 5.92 Å². The molecule has 0 N–H and O–H groups in total. The summed E-state index contributed by atoms with van der Waals surface area (Å²) in [4.78, 5) is 0. The third-order valence-electron chi connectivity index (χ3n) is 6.80. The van der Waals surface area contributed by atoms with Crippen LogP contribution < -0.4 is 0 Å². The first-order chi connectivity index (χ1) is 11.9. The molecule has 0 amide bonds. The molecule has 0 fully saturated rings. The van der Waals surface area contributed by atoms with Gasteiger partial charge in [0.15, 0.2) is 0 Å². The van der Waals surface area contributed by atoms with Crippen LogP contribution in [-0.4, -0.2) is 6.67 Å². The van der Waals surface area contributed by atoms with Crippen LogP contribution in [0.15, 0.2) is 0 Å². The van der Waals surface area contributed by atoms with Gasteiger partial charge >= 0.3 is 0 Å². The van der Waals surface area contributed by atoms with Crippen molar-refractivity contribution in [1.29, 1.82) is 0 Å². The Bertz CT molecular complexity index is 284. The largest absolute Gasteiger partial charge is 0.251 e. The van der Waals surface area contributed by atoms with Crippen LogP contribution in [0.3, 0.4) is 0 Å². The number of rotatable bonds is 16. The average molecular weight is 357 g/mol. The lowest BCUT2D eigenvalue weighted by Gasteiger charge is -2.33. The minimum absolute atomic E-state index is 0.152. The minimum Gasteiger partial charge on any atom is -0.251 e. The molecule has 0 aromatic carbocycles. The number of hydrogen-bond acceptors (Lipinski definition) is 0. The monoisotopic (exact) mass is 356 g/mol. The third-order valence-corrected chi connectivity index (χ3v) is 6.80. The second kappa shape index (κ2) is 15.0. The molecular formula is C24H49F. The molecule has 5 atom stereocenters. The van der Waals surface area contributed by atoms with E-state index in [2.05, 4.69) is 48.5 Å². The van der Waals surface area contributed by atoms with E-state index in [1.807, 2.05) is 0 Å². The highest BCUT2D eigenvalue weighted by atomic mass is 19.1. The van der Waals surface area contributed by atoms with E-state index in [4.69, 9.17) is 0 Å². The van der Waals surface area contributed by atoms with Crippen molar-refractivity contribution >= 4 is 0 Å². The first kappa shape index (κ1) is 24.9. The van der Waals surface area contributed by atoms with Crippen LogP contribution in [0.5, 0.6) is 0 Å². The molecule has 0 spiro atoms. The molecule has 0 aromatic rings. The van der Waals surface area contributed by atoms with E-state index >= 15 is 0 Å². The summed E-state index contributed by atoms with van der Waals surface area (Å²) in [6.07, 6.45) is 12.6. The summed E-state index contributed by atoms with van der Waals surface area (Å²) in [7, 11) is 0. The number of halogens is 1. The Morgan fingerprint density at radius 3 is 1.68 bits per heavy atom. The molecule has 0 saturated heterocycles. The summed E-state index contributed by atoms with van der Waals surface area (Å²) >= 11 is 0. The summed E-state index contributed by atoms with van der Waals surface area (Å²) in [6.45, 7) is 16.5. The van der Waals surface area contributed by atoms with Crippen molar-refractivity contribution in [2.75, 3.05) is 6.67 Å². The first-order valence-electron chi connectivity index (χ1n) is 11.5. The number of hydrogen-bond donors (Lipinski definition) is 0. The van der Waals surface area contributed by atoms with E-state index in [1.165, 1.54) is 57.8 Å². The fourth-order valence-electron chi connectivity index (χ4n) is 5.09. The predicted molar refractivity (Wildman–Crippen MR) is 113 cm³/mol. The van der Waals surface area contributed by atoms with Crippen molar-refractivity contribution in [1.82, 2.24) is 0 Å². The predicted octanol–water partition coefficient (Wildman–Crippen LogP) is 8.69. The van der Waals surface area contributed by atoms with Gasteiger partial charge < -0.3 is 0 Å². The van der Waals surface area contributed by atoms with Gasteiger partial charge in [0.2, 0.25) is 0 Å². The molecule has 152 valence electrons. The van der Waals surface area contributed by atoms with Gasteiger partial charge in [-0.25, -0.2) is 0 Å². The third kappa shape index (κ3) is 10.6. The summed E-state index contributed by atoms with van der Waals surface area (Å²) in [6, 6.07) is 0. The summed E-state index contributed by atoms with van der Waals surface area (Å²) < 4.78 is 12.7. The molecule has 0 bridgehead atoms. The van der Waals surface area contributed by atoms with Crippen LogP contribution in [0.2, 0.25) is 0 Å². The van der Waals surface area contributed by atoms with E-state index < -0.39 is 0 Å². The van der Waals surface area contributed by atoms with Gasteiger partial charge in [-0.3, -0.25) is 4.39 Å². The molecule has 5 unspecified atom stereocenters. The van der Waals surface area contributed by atoms with Crippen LogP contribution in [0.4, 0.5) is 4.39 Å². The van der Waals surface area contributed by atoms with Gasteiger partial charge in [0.25, 0.3) is 0 Å². The van der Waals surface area contributed by atoms with Crippen LogP contribution in [0, 0.1) is 35.5 Å². The standard InChI is InChI=1S/C24H49F/c1-8-12-13-23(16-19(5)14-15-25)18-21(7)24(11-4)20(6)17-22(9-2)10-3/h19-24H,8-18H2,1-7H3. The molecule has 0 aliphatic heterocycles. The van der Waals surface area contributed by atoms with Crippen LogP contribution >= 0.6 is 0 Å². The molecule has 0 rings (SSSR count). The molecule has 0 nitrogen and oxygen atoms in total. The lowest BCUT2D eigenvalue weighted by atomic mass is 9.72. The summed E-state index contributed by atoms with van der Waals surface area (Å²) in [5, 5.41) is 0. The highest BCUT2D eigenvalue weighted by Gasteiger charge is 2.26. The Hall–Kier alpha value is -0.0700. The van der Waals surface area contributed by atoms with E-state index in [-0.39, 0.29) is 6.67 Å². The Labute approximate surface area is 159 Å². The molecule has 0 aliphatic carbocycles. The lowest BCUT2D eigenvalue weighted by Crippen LogP contribution is -2.24. The smallest absolute Gasteiger partial charge is 0.0897 e. The Morgan fingerprint density at radius 1 is 0.680 bits per heavy atom. The first-order valence-corrected chi connectivity index (χ1v) is 11.5. The Morgan fingerprint density at radius 2 is 1.24 bits per heavy atom. The van der Waals surface area contributed by atoms with Crippen molar-refractivity contribution in [3.05, 3.63) is 0 Å². The van der Waals surface area contributed by atoms with Gasteiger partial charge in [-0.15, -0.1) is 0 Å². The molecule has 0 aliphatic rings. The molecular weight excluding hydrogens is 307 g/mol. The highest BCUT2D eigenvalue weighted by molar-refractivity contribution is 4.77. The molecule has 0 heterocycles. The van der Waals surface area contributed by atoms with Gasteiger partial charge in [-0.2, -0.15) is 0 Å². The second-order valence-corrected chi connectivity index (χ2v) is 9.01. The van der Waals surface area contributed by atoms with Gasteiger partial charge in [0.1, 0.15) is 0 Å². The minimum atomic E-state index is -0.152. The van der Waals surface area contributed by atoms with Crippen molar-refractivity contribution in [3.8, 4) is 0 Å². The summed E-state index contributed by atoms with van der Waals surface area (Å²) in [5.41, 5.74) is 0. The van der Waals surface area contributed by atoms with Crippen LogP contribution in [0.1, 0.15) is 113 Å². The van der Waals surface area contributed by atoms with Gasteiger partial charge in [0.05, 0.1) is 6.67 Å². The Balaban J connectivity index is 4.75. The number of unbranched alkanes of at least 4 members (excludes halogenated alkanes) is 1. The van der Waals surface area contributed by atoms with E-state index in [9.17, 15) is 4.39 Å².